The Morgan fingerprint density at radius 2 is 1.57 bits per heavy atom. The van der Waals surface area contributed by atoms with Crippen molar-refractivity contribution < 1.29 is 48.0 Å². The molecule has 0 aliphatic carbocycles. The lowest BCUT2D eigenvalue weighted by Gasteiger charge is -2.44. The zero-order chi connectivity index (χ0) is 22.4. The predicted molar refractivity (Wildman–Crippen MR) is 94.6 cm³/mol. The van der Waals surface area contributed by atoms with Crippen molar-refractivity contribution in [2.24, 2.45) is 10.3 Å². The van der Waals surface area contributed by atoms with Gasteiger partial charge in [-0.15, -0.1) is 0 Å². The molecule has 13 heteroatoms. The molecule has 2 aliphatic heterocycles. The van der Waals surface area contributed by atoms with Gasteiger partial charge in [-0.25, -0.2) is 4.79 Å². The Morgan fingerprint density at radius 1 is 1.00 bits per heavy atom. The highest BCUT2D eigenvalue weighted by atomic mass is 16.7. The van der Waals surface area contributed by atoms with Crippen LogP contribution >= 0.6 is 0 Å². The molecule has 0 aromatic heterocycles. The summed E-state index contributed by atoms with van der Waals surface area (Å²) in [6.07, 6.45) is -6.59. The topological polar surface area (TPSA) is 163 Å². The van der Waals surface area contributed by atoms with E-state index in [1.807, 2.05) is 0 Å². The molecule has 2 aliphatic rings. The van der Waals surface area contributed by atoms with E-state index in [0.29, 0.717) is 0 Å². The number of aliphatic hydroxyl groups excluding tert-OH is 1. The fraction of sp³-hybridized carbons (Fsp3) is 0.765. The second-order valence-electron chi connectivity index (χ2n) is 6.68. The van der Waals surface area contributed by atoms with E-state index in [0.717, 1.165) is 27.9 Å². The maximum Gasteiger partial charge on any atom is 0.339 e. The summed E-state index contributed by atoms with van der Waals surface area (Å²) in [6, 6.07) is -0.732. The van der Waals surface area contributed by atoms with Gasteiger partial charge in [0, 0.05) is 20.8 Å². The molecule has 168 valence electrons. The van der Waals surface area contributed by atoms with Crippen molar-refractivity contribution in [3.8, 4) is 0 Å². The highest BCUT2D eigenvalue weighted by Crippen LogP contribution is 2.33. The van der Waals surface area contributed by atoms with Gasteiger partial charge in [-0.05, 0) is 0 Å². The summed E-state index contributed by atoms with van der Waals surface area (Å²) in [6.45, 7) is 3.58. The summed E-state index contributed by atoms with van der Waals surface area (Å²) in [4.78, 5) is 47.5. The first-order valence-corrected chi connectivity index (χ1v) is 9.19. The molecule has 2 rings (SSSR count). The van der Waals surface area contributed by atoms with Gasteiger partial charge in [0.1, 0.15) is 12.1 Å². The van der Waals surface area contributed by atoms with E-state index in [4.69, 9.17) is 28.8 Å². The first-order chi connectivity index (χ1) is 14.2. The molecule has 1 unspecified atom stereocenters. The average Bonchev–Trinajstić information content (AvgIpc) is 3.11. The number of nitrogens with zero attached hydrogens (tertiary/aromatic N) is 3. The van der Waals surface area contributed by atoms with Gasteiger partial charge in [0.2, 0.25) is 0 Å². The minimum Gasteiger partial charge on any atom is -0.467 e. The maximum absolute atomic E-state index is 12.4. The van der Waals surface area contributed by atoms with Crippen LogP contribution in [0.4, 0.5) is 0 Å². The fourth-order valence-electron chi connectivity index (χ4n) is 3.31. The number of esters is 4. The summed E-state index contributed by atoms with van der Waals surface area (Å²) in [7, 11) is 1.11. The highest BCUT2D eigenvalue weighted by molar-refractivity contribution is 5.77. The number of hydrogen-bond donors (Lipinski definition) is 1. The van der Waals surface area contributed by atoms with Gasteiger partial charge in [-0.2, -0.15) is 5.11 Å². The second-order valence-corrected chi connectivity index (χ2v) is 6.68. The largest absolute Gasteiger partial charge is 0.467 e. The lowest BCUT2D eigenvalue weighted by atomic mass is 9.90. The van der Waals surface area contributed by atoms with Crippen LogP contribution in [0, 0.1) is 0 Å². The minimum atomic E-state index is -1.47. The number of carbonyl (C=O) groups excluding carboxylic acids is 4. The standard InChI is InChI=1S/C17H25N3O10/c1-8(22)27-13-12(11-7-20(5-6-21)19-18-11)30-16(17(25)26-4)15(29-10(3)24)14(13)28-9(2)23/h11-16,21H,5-7H2,1-4H3/t11?,12-,13-,14+,15+,16+/m1/s1. The van der Waals surface area contributed by atoms with E-state index < -0.39 is 60.4 Å². The number of ether oxygens (including phenoxy) is 5. The minimum absolute atomic E-state index is 0.167. The molecule has 1 fully saturated rings. The molecule has 0 aromatic rings. The predicted octanol–water partition coefficient (Wildman–Crippen LogP) is -1.23. The molecule has 1 N–H and O–H groups in total. The van der Waals surface area contributed by atoms with Gasteiger partial charge < -0.3 is 28.8 Å². The van der Waals surface area contributed by atoms with Crippen molar-refractivity contribution in [2.75, 3.05) is 26.8 Å². The number of carbonyl (C=O) groups is 4. The molecule has 2 heterocycles. The molecular weight excluding hydrogens is 406 g/mol. The van der Waals surface area contributed by atoms with E-state index in [-0.39, 0.29) is 19.7 Å². The smallest absolute Gasteiger partial charge is 0.339 e. The number of methoxy groups -OCH3 is 1. The summed E-state index contributed by atoms with van der Waals surface area (Å²) >= 11 is 0. The second kappa shape index (κ2) is 10.3. The Kier molecular flexibility index (Phi) is 8.06. The van der Waals surface area contributed by atoms with Crippen LogP contribution in [0.2, 0.25) is 0 Å². The van der Waals surface area contributed by atoms with Crippen molar-refractivity contribution in [1.29, 1.82) is 0 Å². The molecule has 13 nitrogen and oxygen atoms in total. The Morgan fingerprint density at radius 3 is 2.10 bits per heavy atom. The van der Waals surface area contributed by atoms with Crippen LogP contribution in [-0.4, -0.2) is 97.4 Å². The lowest BCUT2D eigenvalue weighted by Crippen LogP contribution is -2.65. The van der Waals surface area contributed by atoms with E-state index in [9.17, 15) is 19.2 Å². The van der Waals surface area contributed by atoms with Gasteiger partial charge in [0.05, 0.1) is 26.8 Å². The normalized spacial score (nSPS) is 30.5. The maximum atomic E-state index is 12.4. The number of rotatable bonds is 7. The van der Waals surface area contributed by atoms with Crippen LogP contribution in [0.1, 0.15) is 20.8 Å². The summed E-state index contributed by atoms with van der Waals surface area (Å²) in [5, 5.41) is 18.5. The Balaban J connectivity index is 2.44. The molecule has 0 aromatic carbocycles. The molecule has 0 radical (unpaired) electrons. The van der Waals surface area contributed by atoms with E-state index in [2.05, 4.69) is 10.3 Å². The van der Waals surface area contributed by atoms with Crippen LogP contribution in [-0.2, 0) is 42.9 Å². The summed E-state index contributed by atoms with van der Waals surface area (Å²) in [5.41, 5.74) is 0. The van der Waals surface area contributed by atoms with Crippen molar-refractivity contribution in [3.05, 3.63) is 0 Å². The van der Waals surface area contributed by atoms with Gasteiger partial charge in [0.15, 0.2) is 24.4 Å². The lowest BCUT2D eigenvalue weighted by molar-refractivity contribution is -0.251. The molecule has 1 saturated heterocycles. The number of hydrogen-bond acceptors (Lipinski definition) is 13. The monoisotopic (exact) mass is 431 g/mol. The molecule has 0 spiro atoms. The Hall–Kier alpha value is -2.80. The van der Waals surface area contributed by atoms with Crippen molar-refractivity contribution >= 4 is 23.9 Å². The molecule has 30 heavy (non-hydrogen) atoms. The van der Waals surface area contributed by atoms with Crippen LogP contribution < -0.4 is 0 Å². The van der Waals surface area contributed by atoms with E-state index in [1.165, 1.54) is 5.01 Å². The number of β-amino-alcohol motifs (C(OH)–C–C–N with tert-alkyl or cyclic N) is 1. The Labute approximate surface area is 172 Å². The van der Waals surface area contributed by atoms with Crippen molar-refractivity contribution in [3.63, 3.8) is 0 Å². The first kappa shape index (κ1) is 23.5. The van der Waals surface area contributed by atoms with Crippen molar-refractivity contribution in [1.82, 2.24) is 5.01 Å². The SMILES string of the molecule is COC(=O)[C@H]1O[C@H](C2CN(CCO)N=N2)[C@@H](OC(C)=O)[C@H](OC(C)=O)[C@@H]1OC(C)=O. The van der Waals surface area contributed by atoms with Crippen LogP contribution in [0.15, 0.2) is 10.3 Å². The van der Waals surface area contributed by atoms with Crippen LogP contribution in [0.3, 0.4) is 0 Å². The number of aliphatic hydroxyl groups is 1. The zero-order valence-corrected chi connectivity index (χ0v) is 17.0. The molecular formula is C17H25N3O10. The third kappa shape index (κ3) is 5.63. The van der Waals surface area contributed by atoms with Crippen LogP contribution in [0.5, 0.6) is 0 Å². The van der Waals surface area contributed by atoms with Gasteiger partial charge in [-0.3, -0.25) is 19.4 Å². The molecule has 0 bridgehead atoms. The highest BCUT2D eigenvalue weighted by Gasteiger charge is 2.57. The Bertz CT molecular complexity index is 699. The van der Waals surface area contributed by atoms with Gasteiger partial charge in [-0.1, -0.05) is 5.22 Å². The van der Waals surface area contributed by atoms with Crippen LogP contribution in [0.25, 0.3) is 0 Å². The van der Waals surface area contributed by atoms with E-state index >= 15 is 0 Å². The van der Waals surface area contributed by atoms with Crippen molar-refractivity contribution in [2.45, 2.75) is 57.3 Å². The van der Waals surface area contributed by atoms with Gasteiger partial charge >= 0.3 is 23.9 Å². The molecule has 0 amide bonds. The molecule has 6 atom stereocenters. The average molecular weight is 431 g/mol. The van der Waals surface area contributed by atoms with Gasteiger partial charge in [0.25, 0.3) is 0 Å². The third-order valence-electron chi connectivity index (χ3n) is 4.37. The van der Waals surface area contributed by atoms with E-state index in [1.54, 1.807) is 0 Å². The quantitative estimate of drug-likeness (QED) is 0.379. The molecule has 0 saturated carbocycles. The summed E-state index contributed by atoms with van der Waals surface area (Å²) < 4.78 is 26.4. The first-order valence-electron chi connectivity index (χ1n) is 9.19. The third-order valence-corrected chi connectivity index (χ3v) is 4.37. The zero-order valence-electron chi connectivity index (χ0n) is 17.0. The summed E-state index contributed by atoms with van der Waals surface area (Å²) in [5.74, 6) is -3.13. The fourth-order valence-corrected chi connectivity index (χ4v) is 3.31.